The summed E-state index contributed by atoms with van der Waals surface area (Å²) in [7, 11) is 0. The van der Waals surface area contributed by atoms with E-state index >= 15 is 0 Å². The fourth-order valence-electron chi connectivity index (χ4n) is 3.64. The van der Waals surface area contributed by atoms with E-state index < -0.39 is 0 Å². The molecule has 2 heterocycles. The van der Waals surface area contributed by atoms with E-state index in [9.17, 15) is 4.79 Å². The van der Waals surface area contributed by atoms with Crippen molar-refractivity contribution in [2.45, 2.75) is 44.8 Å². The Labute approximate surface area is 136 Å². The number of hydrogen-bond acceptors (Lipinski definition) is 3. The van der Waals surface area contributed by atoms with Crippen LogP contribution in [0.3, 0.4) is 0 Å². The lowest BCUT2D eigenvalue weighted by Gasteiger charge is -2.11. The van der Waals surface area contributed by atoms with E-state index in [2.05, 4.69) is 38.6 Å². The Hall–Kier alpha value is -2.14. The van der Waals surface area contributed by atoms with Gasteiger partial charge in [0.2, 0.25) is 5.91 Å². The van der Waals surface area contributed by atoms with Crippen molar-refractivity contribution in [3.63, 3.8) is 0 Å². The smallest absolute Gasteiger partial charge is 0.227 e. The molecule has 5 nitrogen and oxygen atoms in total. The molecule has 4 rings (SSSR count). The first-order chi connectivity index (χ1) is 11.3. The number of nitrogens with zero attached hydrogens (tertiary/aromatic N) is 2. The van der Waals surface area contributed by atoms with E-state index in [0.717, 1.165) is 44.6 Å². The number of aryl methyl sites for hydroxylation is 2. The lowest BCUT2D eigenvalue weighted by Crippen LogP contribution is -2.28. The normalized spacial score (nSPS) is 19.7. The summed E-state index contributed by atoms with van der Waals surface area (Å²) in [4.78, 5) is 12.5. The first-order valence-electron chi connectivity index (χ1n) is 8.43. The summed E-state index contributed by atoms with van der Waals surface area (Å²) in [5.74, 6) is 0.115. The fraction of sp³-hybridized carbons (Fsp3) is 0.444. The quantitative estimate of drug-likeness (QED) is 0.907. The fourth-order valence-corrected chi connectivity index (χ4v) is 3.64. The second kappa shape index (κ2) is 6.16. The molecule has 120 valence electrons. The van der Waals surface area contributed by atoms with Crippen LogP contribution in [0.5, 0.6) is 0 Å². The van der Waals surface area contributed by atoms with Crippen LogP contribution >= 0.6 is 0 Å². The molecule has 2 N–H and O–H groups in total. The number of rotatable bonds is 3. The summed E-state index contributed by atoms with van der Waals surface area (Å²) >= 11 is 0. The Morgan fingerprint density at radius 3 is 3.26 bits per heavy atom. The van der Waals surface area contributed by atoms with Crippen LogP contribution in [-0.4, -0.2) is 22.2 Å². The van der Waals surface area contributed by atoms with Gasteiger partial charge in [-0.1, -0.05) is 24.3 Å². The van der Waals surface area contributed by atoms with Crippen molar-refractivity contribution < 1.29 is 4.79 Å². The molecule has 0 spiro atoms. The van der Waals surface area contributed by atoms with Crippen LogP contribution in [0.25, 0.3) is 0 Å². The molecule has 0 bridgehead atoms. The molecule has 1 unspecified atom stereocenters. The van der Waals surface area contributed by atoms with Crippen LogP contribution in [0.2, 0.25) is 0 Å². The summed E-state index contributed by atoms with van der Waals surface area (Å²) in [6.45, 7) is 3.36. The second-order valence-electron chi connectivity index (χ2n) is 6.39. The second-order valence-corrected chi connectivity index (χ2v) is 6.39. The van der Waals surface area contributed by atoms with E-state index in [1.54, 1.807) is 0 Å². The molecule has 1 aliphatic heterocycles. The van der Waals surface area contributed by atoms with Gasteiger partial charge in [0.15, 0.2) is 0 Å². The predicted octanol–water partition coefficient (Wildman–Crippen LogP) is 1.72. The molecule has 0 fully saturated rings. The zero-order valence-corrected chi connectivity index (χ0v) is 13.2. The number of benzene rings is 1. The van der Waals surface area contributed by atoms with Crippen molar-refractivity contribution in [3.05, 3.63) is 52.8 Å². The average Bonchev–Trinajstić information content (AvgIpc) is 3.11. The molecule has 2 aliphatic rings. The van der Waals surface area contributed by atoms with Crippen LogP contribution in [0.15, 0.2) is 30.3 Å². The van der Waals surface area contributed by atoms with Crippen LogP contribution in [-0.2, 0) is 30.8 Å². The van der Waals surface area contributed by atoms with Gasteiger partial charge in [-0.3, -0.25) is 9.48 Å². The van der Waals surface area contributed by atoms with Gasteiger partial charge in [-0.15, -0.1) is 0 Å². The third-order valence-corrected chi connectivity index (χ3v) is 4.84. The number of carbonyl (C=O) groups excluding carboxylic acids is 1. The molecule has 0 saturated heterocycles. The topological polar surface area (TPSA) is 59.0 Å². The number of hydrogen-bond donors (Lipinski definition) is 2. The Morgan fingerprint density at radius 1 is 1.39 bits per heavy atom. The van der Waals surface area contributed by atoms with Crippen molar-refractivity contribution in [2.24, 2.45) is 0 Å². The standard InChI is InChI=1S/C18H22N4O/c23-18(17-7-6-13-4-1-2-5-16(13)17)20-11-14-10-15-12-19-8-3-9-22(15)21-14/h1-2,4-5,10,17,19H,3,6-9,11-12H2,(H,20,23). The van der Waals surface area contributed by atoms with Crippen LogP contribution in [0.1, 0.15) is 41.3 Å². The molecule has 0 saturated carbocycles. The Bertz CT molecular complexity index is 698. The molecule has 23 heavy (non-hydrogen) atoms. The first-order valence-corrected chi connectivity index (χ1v) is 8.43. The van der Waals surface area contributed by atoms with Gasteiger partial charge in [0, 0.05) is 13.1 Å². The van der Waals surface area contributed by atoms with E-state index in [1.165, 1.54) is 16.8 Å². The Kier molecular flexibility index (Phi) is 3.87. The highest BCUT2D eigenvalue weighted by Crippen LogP contribution is 2.32. The molecule has 1 aromatic carbocycles. The van der Waals surface area contributed by atoms with E-state index in [0.29, 0.717) is 6.54 Å². The average molecular weight is 310 g/mol. The van der Waals surface area contributed by atoms with Gasteiger partial charge in [0.1, 0.15) is 0 Å². The largest absolute Gasteiger partial charge is 0.350 e. The third-order valence-electron chi connectivity index (χ3n) is 4.84. The Balaban J connectivity index is 1.41. The molecule has 0 radical (unpaired) electrons. The minimum atomic E-state index is -0.00620. The highest BCUT2D eigenvalue weighted by molar-refractivity contribution is 5.84. The van der Waals surface area contributed by atoms with Crippen molar-refractivity contribution in [3.8, 4) is 0 Å². The van der Waals surface area contributed by atoms with Gasteiger partial charge in [-0.25, -0.2) is 0 Å². The third kappa shape index (κ3) is 2.88. The Morgan fingerprint density at radius 2 is 2.30 bits per heavy atom. The molecule has 1 aliphatic carbocycles. The van der Waals surface area contributed by atoms with Gasteiger partial charge in [-0.05, 0) is 43.0 Å². The summed E-state index contributed by atoms with van der Waals surface area (Å²) in [5, 5.41) is 11.1. The van der Waals surface area contributed by atoms with Crippen LogP contribution < -0.4 is 10.6 Å². The van der Waals surface area contributed by atoms with E-state index in [1.807, 2.05) is 12.1 Å². The minimum Gasteiger partial charge on any atom is -0.350 e. The molecule has 2 aromatic rings. The molecule has 5 heteroatoms. The van der Waals surface area contributed by atoms with Gasteiger partial charge in [-0.2, -0.15) is 5.10 Å². The maximum Gasteiger partial charge on any atom is 0.227 e. The van der Waals surface area contributed by atoms with Crippen molar-refractivity contribution in [1.82, 2.24) is 20.4 Å². The monoisotopic (exact) mass is 310 g/mol. The van der Waals surface area contributed by atoms with E-state index in [-0.39, 0.29) is 11.8 Å². The van der Waals surface area contributed by atoms with Gasteiger partial charge >= 0.3 is 0 Å². The molecular formula is C18H22N4O. The minimum absolute atomic E-state index is 0.00620. The number of carbonyl (C=O) groups is 1. The summed E-state index contributed by atoms with van der Waals surface area (Å²) < 4.78 is 2.06. The number of aromatic nitrogens is 2. The van der Waals surface area contributed by atoms with E-state index in [4.69, 9.17) is 0 Å². The predicted molar refractivity (Wildman–Crippen MR) is 87.9 cm³/mol. The van der Waals surface area contributed by atoms with Crippen LogP contribution in [0, 0.1) is 0 Å². The molecule has 1 atom stereocenters. The number of fused-ring (bicyclic) bond motifs is 2. The number of amides is 1. The molecule has 1 aromatic heterocycles. The highest BCUT2D eigenvalue weighted by Gasteiger charge is 2.28. The summed E-state index contributed by atoms with van der Waals surface area (Å²) in [5.41, 5.74) is 4.66. The maximum atomic E-state index is 12.5. The molecular weight excluding hydrogens is 288 g/mol. The maximum absolute atomic E-state index is 12.5. The van der Waals surface area contributed by atoms with Gasteiger partial charge in [0.25, 0.3) is 0 Å². The van der Waals surface area contributed by atoms with Gasteiger partial charge in [0.05, 0.1) is 23.9 Å². The summed E-state index contributed by atoms with van der Waals surface area (Å²) in [6.07, 6.45) is 3.01. The molecule has 1 amide bonds. The first kappa shape index (κ1) is 14.5. The SMILES string of the molecule is O=C(NCc1cc2n(n1)CCCNC2)C1CCc2ccccc21. The van der Waals surface area contributed by atoms with Crippen molar-refractivity contribution in [1.29, 1.82) is 0 Å². The summed E-state index contributed by atoms with van der Waals surface area (Å²) in [6, 6.07) is 10.4. The zero-order valence-electron chi connectivity index (χ0n) is 13.2. The van der Waals surface area contributed by atoms with Crippen LogP contribution in [0.4, 0.5) is 0 Å². The lowest BCUT2D eigenvalue weighted by molar-refractivity contribution is -0.122. The highest BCUT2D eigenvalue weighted by atomic mass is 16.1. The lowest BCUT2D eigenvalue weighted by atomic mass is 10.0. The van der Waals surface area contributed by atoms with Crippen molar-refractivity contribution >= 4 is 5.91 Å². The van der Waals surface area contributed by atoms with Gasteiger partial charge < -0.3 is 10.6 Å². The number of nitrogens with one attached hydrogen (secondary N) is 2. The van der Waals surface area contributed by atoms with Crippen molar-refractivity contribution in [2.75, 3.05) is 6.54 Å². The zero-order chi connectivity index (χ0) is 15.6.